The van der Waals surface area contributed by atoms with E-state index in [0.29, 0.717) is 35.2 Å². The second-order valence-electron chi connectivity index (χ2n) is 7.98. The van der Waals surface area contributed by atoms with Crippen LogP contribution >= 0.6 is 11.8 Å². The van der Waals surface area contributed by atoms with Gasteiger partial charge in [0.25, 0.3) is 5.91 Å². The average Bonchev–Trinajstić information content (AvgIpc) is 3.18. The van der Waals surface area contributed by atoms with E-state index in [0.717, 1.165) is 28.2 Å². The Balaban J connectivity index is 1.54. The van der Waals surface area contributed by atoms with E-state index in [2.05, 4.69) is 17.2 Å². The third-order valence-corrected chi connectivity index (χ3v) is 7.72. The molecule has 176 valence electrons. The van der Waals surface area contributed by atoms with Gasteiger partial charge in [-0.3, -0.25) is 9.00 Å². The largest absolute Gasteiger partial charge is 0.441 e. The third kappa shape index (κ3) is 7.57. The molecular weight excluding hydrogens is 452 g/mol. The highest BCUT2D eigenvalue weighted by molar-refractivity contribution is 7.99. The first-order valence-corrected chi connectivity index (χ1v) is 13.8. The molecule has 1 aromatic heterocycles. The maximum Gasteiger partial charge on any atom is 0.251 e. The van der Waals surface area contributed by atoms with Gasteiger partial charge in [0, 0.05) is 22.6 Å². The number of carbonyl (C=O) groups excluding carboxylic acids is 1. The fourth-order valence-corrected chi connectivity index (χ4v) is 5.34. The summed E-state index contributed by atoms with van der Waals surface area (Å²) >= 11 is 1.94. The van der Waals surface area contributed by atoms with Gasteiger partial charge in [-0.2, -0.15) is 11.8 Å². The Kier molecular flexibility index (Phi) is 9.76. The predicted molar refractivity (Wildman–Crippen MR) is 137 cm³/mol. The summed E-state index contributed by atoms with van der Waals surface area (Å²) in [5.41, 5.74) is 3.22. The lowest BCUT2D eigenvalue weighted by Crippen LogP contribution is -2.24. The zero-order valence-corrected chi connectivity index (χ0v) is 21.2. The van der Waals surface area contributed by atoms with E-state index in [-0.39, 0.29) is 5.91 Å². The normalized spacial score (nSPS) is 12.0. The quantitative estimate of drug-likeness (QED) is 0.323. The number of nitrogens with zero attached hydrogens (tertiary/aromatic N) is 1. The molecular formula is C26H32N2O3S2. The van der Waals surface area contributed by atoms with Gasteiger partial charge in [-0.15, -0.1) is 0 Å². The van der Waals surface area contributed by atoms with E-state index in [4.69, 9.17) is 4.42 Å². The van der Waals surface area contributed by atoms with Crippen molar-refractivity contribution in [1.29, 1.82) is 0 Å². The van der Waals surface area contributed by atoms with E-state index in [1.165, 1.54) is 18.6 Å². The van der Waals surface area contributed by atoms with Crippen LogP contribution in [0.1, 0.15) is 53.6 Å². The second kappa shape index (κ2) is 12.8. The van der Waals surface area contributed by atoms with Crippen LogP contribution < -0.4 is 5.32 Å². The summed E-state index contributed by atoms with van der Waals surface area (Å²) in [6.07, 6.45) is 3.45. The van der Waals surface area contributed by atoms with Crippen molar-refractivity contribution in [3.63, 3.8) is 0 Å². The van der Waals surface area contributed by atoms with E-state index in [9.17, 15) is 9.00 Å². The van der Waals surface area contributed by atoms with Gasteiger partial charge in [0.15, 0.2) is 0 Å². The molecule has 1 amide bonds. The maximum absolute atomic E-state index is 12.7. The van der Waals surface area contributed by atoms with Gasteiger partial charge in [0.05, 0.1) is 22.2 Å². The highest BCUT2D eigenvalue weighted by Crippen LogP contribution is 2.24. The summed E-state index contributed by atoms with van der Waals surface area (Å²) in [4.78, 5) is 17.7. The van der Waals surface area contributed by atoms with Crippen LogP contribution in [-0.2, 0) is 16.6 Å². The number of hydrogen-bond donors (Lipinski definition) is 1. The number of unbranched alkanes of at least 4 members (excludes halogenated alkanes) is 1. The zero-order valence-electron chi connectivity index (χ0n) is 19.6. The first-order valence-electron chi connectivity index (χ1n) is 11.4. The lowest BCUT2D eigenvalue weighted by atomic mass is 10.1. The number of amides is 1. The highest BCUT2D eigenvalue weighted by atomic mass is 32.2. The van der Waals surface area contributed by atoms with Gasteiger partial charge in [-0.1, -0.05) is 31.0 Å². The first kappa shape index (κ1) is 25.2. The molecule has 7 heteroatoms. The van der Waals surface area contributed by atoms with Gasteiger partial charge < -0.3 is 9.73 Å². The number of rotatable bonds is 12. The van der Waals surface area contributed by atoms with Gasteiger partial charge in [-0.25, -0.2) is 4.98 Å². The molecule has 3 rings (SSSR count). The molecule has 0 radical (unpaired) electrons. The van der Waals surface area contributed by atoms with Crippen LogP contribution in [0, 0.1) is 13.8 Å². The van der Waals surface area contributed by atoms with Crippen molar-refractivity contribution < 1.29 is 13.4 Å². The molecule has 0 aliphatic heterocycles. The van der Waals surface area contributed by atoms with Crippen LogP contribution in [-0.4, -0.2) is 33.2 Å². The number of thioether (sulfide) groups is 1. The van der Waals surface area contributed by atoms with E-state index >= 15 is 0 Å². The number of oxazole rings is 1. The molecule has 0 saturated heterocycles. The summed E-state index contributed by atoms with van der Waals surface area (Å²) in [6.45, 7) is 6.72. The average molecular weight is 485 g/mol. The van der Waals surface area contributed by atoms with Crippen LogP contribution in [0.4, 0.5) is 0 Å². The number of benzene rings is 2. The molecule has 1 N–H and O–H groups in total. The molecule has 0 saturated carbocycles. The summed E-state index contributed by atoms with van der Waals surface area (Å²) < 4.78 is 18.5. The van der Waals surface area contributed by atoms with Gasteiger partial charge >= 0.3 is 0 Å². The Morgan fingerprint density at radius 2 is 1.73 bits per heavy atom. The molecule has 3 aromatic rings. The SMILES string of the molecule is CCCCSCCCNC(=O)c1ccc(-c2nc(C[S@@](=O)c3ccc(C)cc3)c(C)o2)cc1. The highest BCUT2D eigenvalue weighted by Gasteiger charge is 2.15. The zero-order chi connectivity index (χ0) is 23.6. The number of nitrogens with one attached hydrogen (secondary N) is 1. The minimum absolute atomic E-state index is 0.0714. The Labute approximate surface area is 203 Å². The molecule has 5 nitrogen and oxygen atoms in total. The van der Waals surface area contributed by atoms with Crippen LogP contribution in [0.3, 0.4) is 0 Å². The topological polar surface area (TPSA) is 72.2 Å². The van der Waals surface area contributed by atoms with Crippen molar-refractivity contribution in [1.82, 2.24) is 10.3 Å². The van der Waals surface area contributed by atoms with Crippen LogP contribution in [0.5, 0.6) is 0 Å². The second-order valence-corrected chi connectivity index (χ2v) is 10.7. The van der Waals surface area contributed by atoms with Crippen LogP contribution in [0.15, 0.2) is 57.8 Å². The maximum atomic E-state index is 12.7. The Morgan fingerprint density at radius 3 is 2.42 bits per heavy atom. The number of aryl methyl sites for hydroxylation is 2. The summed E-state index contributed by atoms with van der Waals surface area (Å²) in [5, 5.41) is 2.98. The van der Waals surface area contributed by atoms with Crippen LogP contribution in [0.25, 0.3) is 11.5 Å². The molecule has 0 bridgehead atoms. The van der Waals surface area contributed by atoms with Gasteiger partial charge in [0.1, 0.15) is 5.76 Å². The van der Waals surface area contributed by atoms with Crippen molar-refractivity contribution in [3.8, 4) is 11.5 Å². The minimum atomic E-state index is -1.19. The van der Waals surface area contributed by atoms with E-state index < -0.39 is 10.8 Å². The smallest absolute Gasteiger partial charge is 0.251 e. The number of hydrogen-bond acceptors (Lipinski definition) is 5. The monoisotopic (exact) mass is 484 g/mol. The Hall–Kier alpha value is -2.38. The minimum Gasteiger partial charge on any atom is -0.441 e. The summed E-state index contributed by atoms with van der Waals surface area (Å²) in [5.74, 6) is 3.62. The molecule has 1 atom stereocenters. The standard InChI is InChI=1S/C26H32N2O3S2/c1-4-5-16-32-17-6-15-27-25(29)21-9-11-22(12-10-21)26-28-24(20(3)31-26)18-33(30)23-13-7-19(2)8-14-23/h7-14H,4-6,15-18H2,1-3H3,(H,27,29)/t33-/m1/s1. The molecule has 2 aromatic carbocycles. The molecule has 0 aliphatic rings. The molecule has 33 heavy (non-hydrogen) atoms. The fourth-order valence-electron chi connectivity index (χ4n) is 3.17. The third-order valence-electron chi connectivity index (χ3n) is 5.23. The fraction of sp³-hybridized carbons (Fsp3) is 0.385. The van der Waals surface area contributed by atoms with Gasteiger partial charge in [0.2, 0.25) is 5.89 Å². The van der Waals surface area contributed by atoms with Crippen molar-refractivity contribution >= 4 is 28.5 Å². The lowest BCUT2D eigenvalue weighted by Gasteiger charge is -2.06. The molecule has 0 fully saturated rings. The van der Waals surface area contributed by atoms with E-state index in [1.54, 1.807) is 12.1 Å². The number of carbonyl (C=O) groups is 1. The summed E-state index contributed by atoms with van der Waals surface area (Å²) in [6, 6.07) is 14.9. The molecule has 0 spiro atoms. The van der Waals surface area contributed by atoms with Gasteiger partial charge in [-0.05, 0) is 74.6 Å². The predicted octanol–water partition coefficient (Wildman–Crippen LogP) is 5.92. The lowest BCUT2D eigenvalue weighted by molar-refractivity contribution is 0.0954. The summed E-state index contributed by atoms with van der Waals surface area (Å²) in [7, 11) is -1.19. The first-order chi connectivity index (χ1) is 16.0. The van der Waals surface area contributed by atoms with Crippen LogP contribution in [0.2, 0.25) is 0 Å². The van der Waals surface area contributed by atoms with Crippen molar-refractivity contribution in [3.05, 3.63) is 71.1 Å². The van der Waals surface area contributed by atoms with Crippen molar-refractivity contribution in [2.45, 2.75) is 50.7 Å². The van der Waals surface area contributed by atoms with E-state index in [1.807, 2.05) is 62.0 Å². The Bertz CT molecular complexity index is 1060. The van der Waals surface area contributed by atoms with Crippen molar-refractivity contribution in [2.75, 3.05) is 18.1 Å². The number of aromatic nitrogens is 1. The van der Waals surface area contributed by atoms with Crippen molar-refractivity contribution in [2.24, 2.45) is 0 Å². The molecule has 1 heterocycles. The molecule has 0 aliphatic carbocycles. The molecule has 0 unspecified atom stereocenters. The Morgan fingerprint density at radius 1 is 1.03 bits per heavy atom.